The van der Waals surface area contributed by atoms with Gasteiger partial charge in [-0.2, -0.15) is 0 Å². The zero-order valence-electron chi connectivity index (χ0n) is 9.76. The van der Waals surface area contributed by atoms with E-state index in [1.54, 1.807) is 6.20 Å². The highest BCUT2D eigenvalue weighted by Crippen LogP contribution is 2.40. The molecule has 1 aromatic carbocycles. The summed E-state index contributed by atoms with van der Waals surface area (Å²) in [6, 6.07) is 12.3. The molecule has 2 heteroatoms. The average Bonchev–Trinajstić information content (AvgIpc) is 2.27. The van der Waals surface area contributed by atoms with Crippen molar-refractivity contribution >= 4 is 5.69 Å². The highest BCUT2D eigenvalue weighted by molar-refractivity contribution is 5.67. The van der Waals surface area contributed by atoms with Crippen LogP contribution in [0, 0.1) is 0 Å². The van der Waals surface area contributed by atoms with Crippen LogP contribution in [-0.2, 0) is 0 Å². The van der Waals surface area contributed by atoms with Gasteiger partial charge in [0, 0.05) is 17.4 Å². The molecule has 2 aromatic rings. The zero-order valence-corrected chi connectivity index (χ0v) is 9.76. The molecule has 1 saturated carbocycles. The van der Waals surface area contributed by atoms with Crippen LogP contribution in [0.2, 0.25) is 0 Å². The normalized spacial score (nSPS) is 15.5. The first-order chi connectivity index (χ1) is 8.34. The Kier molecular flexibility index (Phi) is 2.56. The molecule has 2 nitrogen and oxygen atoms in total. The summed E-state index contributed by atoms with van der Waals surface area (Å²) in [5, 5.41) is 0. The molecule has 0 bridgehead atoms. The van der Waals surface area contributed by atoms with Gasteiger partial charge >= 0.3 is 0 Å². The van der Waals surface area contributed by atoms with Gasteiger partial charge in [-0.05, 0) is 36.5 Å². The lowest BCUT2D eigenvalue weighted by Crippen LogP contribution is -2.10. The summed E-state index contributed by atoms with van der Waals surface area (Å²) >= 11 is 0. The molecule has 0 aliphatic heterocycles. The Morgan fingerprint density at radius 2 is 1.94 bits per heavy atom. The molecular formula is C15H16N2. The molecule has 17 heavy (non-hydrogen) atoms. The molecule has 0 amide bonds. The number of nitrogens with two attached hydrogens (primary N) is 1. The van der Waals surface area contributed by atoms with Crippen LogP contribution in [0.15, 0.2) is 42.6 Å². The Balaban J connectivity index is 2.07. The molecule has 86 valence electrons. The molecule has 1 aliphatic rings. The van der Waals surface area contributed by atoms with E-state index in [1.807, 2.05) is 12.1 Å². The van der Waals surface area contributed by atoms with Crippen molar-refractivity contribution in [1.82, 2.24) is 4.98 Å². The van der Waals surface area contributed by atoms with E-state index in [1.165, 1.54) is 30.4 Å². The standard InChI is InChI=1S/C15H16N2/c16-12-8-9-17-15(10-12)14-7-2-1-6-13(14)11-4-3-5-11/h1-2,6-11H,3-5H2,(H2,16,17). The minimum Gasteiger partial charge on any atom is -0.399 e. The number of hydrogen-bond donors (Lipinski definition) is 1. The van der Waals surface area contributed by atoms with Gasteiger partial charge in [-0.1, -0.05) is 30.7 Å². The number of benzene rings is 1. The Bertz CT molecular complexity index is 530. The number of nitrogens with zero attached hydrogens (tertiary/aromatic N) is 1. The minimum absolute atomic E-state index is 0.717. The summed E-state index contributed by atoms with van der Waals surface area (Å²) in [6.45, 7) is 0. The monoisotopic (exact) mass is 224 g/mol. The van der Waals surface area contributed by atoms with Crippen molar-refractivity contribution in [1.29, 1.82) is 0 Å². The number of pyridine rings is 1. The molecule has 0 saturated heterocycles. The van der Waals surface area contributed by atoms with Gasteiger partial charge in [0.05, 0.1) is 5.69 Å². The maximum Gasteiger partial charge on any atom is 0.0725 e. The molecule has 0 unspecified atom stereocenters. The highest BCUT2D eigenvalue weighted by Gasteiger charge is 2.22. The van der Waals surface area contributed by atoms with Gasteiger partial charge in [0.15, 0.2) is 0 Å². The second-order valence-corrected chi connectivity index (χ2v) is 4.69. The molecule has 1 heterocycles. The van der Waals surface area contributed by atoms with Gasteiger partial charge in [-0.3, -0.25) is 4.98 Å². The van der Waals surface area contributed by atoms with E-state index in [0.717, 1.165) is 17.3 Å². The van der Waals surface area contributed by atoms with Crippen molar-refractivity contribution < 1.29 is 0 Å². The van der Waals surface area contributed by atoms with Crippen LogP contribution in [0.5, 0.6) is 0 Å². The number of hydrogen-bond acceptors (Lipinski definition) is 2. The van der Waals surface area contributed by atoms with Crippen molar-refractivity contribution in [2.75, 3.05) is 5.73 Å². The predicted octanol–water partition coefficient (Wildman–Crippen LogP) is 3.60. The van der Waals surface area contributed by atoms with Gasteiger partial charge in [0.25, 0.3) is 0 Å². The van der Waals surface area contributed by atoms with Crippen LogP contribution >= 0.6 is 0 Å². The fourth-order valence-corrected chi connectivity index (χ4v) is 2.40. The average molecular weight is 224 g/mol. The lowest BCUT2D eigenvalue weighted by Gasteiger charge is -2.27. The number of nitrogen functional groups attached to an aromatic ring is 1. The second kappa shape index (κ2) is 4.21. The maximum absolute atomic E-state index is 5.83. The van der Waals surface area contributed by atoms with Gasteiger partial charge < -0.3 is 5.73 Å². The molecule has 2 N–H and O–H groups in total. The van der Waals surface area contributed by atoms with Crippen LogP contribution in [-0.4, -0.2) is 4.98 Å². The lowest BCUT2D eigenvalue weighted by atomic mass is 9.78. The molecule has 0 radical (unpaired) electrons. The van der Waals surface area contributed by atoms with Gasteiger partial charge in [0.2, 0.25) is 0 Å². The van der Waals surface area contributed by atoms with Crippen molar-refractivity contribution in [2.24, 2.45) is 0 Å². The van der Waals surface area contributed by atoms with Crippen LogP contribution < -0.4 is 5.73 Å². The molecule has 0 atom stereocenters. The fourth-order valence-electron chi connectivity index (χ4n) is 2.40. The summed E-state index contributed by atoms with van der Waals surface area (Å²) in [4.78, 5) is 4.43. The first-order valence-electron chi connectivity index (χ1n) is 6.15. The first-order valence-corrected chi connectivity index (χ1v) is 6.15. The smallest absolute Gasteiger partial charge is 0.0725 e. The van der Waals surface area contributed by atoms with Crippen LogP contribution in [0.3, 0.4) is 0 Å². The highest BCUT2D eigenvalue weighted by atomic mass is 14.7. The van der Waals surface area contributed by atoms with E-state index in [0.29, 0.717) is 0 Å². The van der Waals surface area contributed by atoms with Crippen molar-refractivity contribution in [3.05, 3.63) is 48.2 Å². The molecule has 1 aliphatic carbocycles. The Morgan fingerprint density at radius 1 is 1.12 bits per heavy atom. The third-order valence-corrected chi connectivity index (χ3v) is 3.57. The number of anilines is 1. The topological polar surface area (TPSA) is 38.9 Å². The Labute approximate surface area is 102 Å². The quantitative estimate of drug-likeness (QED) is 0.846. The van der Waals surface area contributed by atoms with E-state index in [-0.39, 0.29) is 0 Å². The van der Waals surface area contributed by atoms with Crippen molar-refractivity contribution in [3.63, 3.8) is 0 Å². The molecular weight excluding hydrogens is 208 g/mol. The lowest BCUT2D eigenvalue weighted by molar-refractivity contribution is 0.420. The van der Waals surface area contributed by atoms with Crippen LogP contribution in [0.25, 0.3) is 11.3 Å². The van der Waals surface area contributed by atoms with E-state index in [9.17, 15) is 0 Å². The van der Waals surface area contributed by atoms with Gasteiger partial charge in [0.1, 0.15) is 0 Å². The number of aromatic nitrogens is 1. The summed E-state index contributed by atoms with van der Waals surface area (Å²) < 4.78 is 0. The van der Waals surface area contributed by atoms with E-state index < -0.39 is 0 Å². The number of rotatable bonds is 2. The predicted molar refractivity (Wildman–Crippen MR) is 70.7 cm³/mol. The van der Waals surface area contributed by atoms with Crippen LogP contribution in [0.4, 0.5) is 5.69 Å². The Morgan fingerprint density at radius 3 is 2.65 bits per heavy atom. The minimum atomic E-state index is 0.717. The summed E-state index contributed by atoms with van der Waals surface area (Å²) in [7, 11) is 0. The van der Waals surface area contributed by atoms with E-state index >= 15 is 0 Å². The maximum atomic E-state index is 5.83. The molecule has 1 aromatic heterocycles. The molecule has 3 rings (SSSR count). The second-order valence-electron chi connectivity index (χ2n) is 4.69. The van der Waals surface area contributed by atoms with E-state index in [2.05, 4.69) is 29.2 Å². The Hall–Kier alpha value is -1.83. The summed E-state index contributed by atoms with van der Waals surface area (Å²) in [5.41, 5.74) is 10.3. The largest absolute Gasteiger partial charge is 0.399 e. The molecule has 0 spiro atoms. The van der Waals surface area contributed by atoms with Crippen LogP contribution in [0.1, 0.15) is 30.7 Å². The third-order valence-electron chi connectivity index (χ3n) is 3.57. The van der Waals surface area contributed by atoms with E-state index in [4.69, 9.17) is 5.73 Å². The molecule has 1 fully saturated rings. The summed E-state index contributed by atoms with van der Waals surface area (Å²) in [6.07, 6.45) is 5.74. The van der Waals surface area contributed by atoms with Gasteiger partial charge in [-0.25, -0.2) is 0 Å². The van der Waals surface area contributed by atoms with Crippen molar-refractivity contribution in [2.45, 2.75) is 25.2 Å². The van der Waals surface area contributed by atoms with Gasteiger partial charge in [-0.15, -0.1) is 0 Å². The zero-order chi connectivity index (χ0) is 11.7. The van der Waals surface area contributed by atoms with Crippen molar-refractivity contribution in [3.8, 4) is 11.3 Å². The third kappa shape index (κ3) is 1.91. The fraction of sp³-hybridized carbons (Fsp3) is 0.267. The SMILES string of the molecule is Nc1ccnc(-c2ccccc2C2CCC2)c1. The first kappa shape index (κ1) is 10.3. The summed E-state index contributed by atoms with van der Waals surface area (Å²) in [5.74, 6) is 0.717.